The van der Waals surface area contributed by atoms with E-state index in [1.54, 1.807) is 13.8 Å². The molecule has 3 heterocycles. The maximum Gasteiger partial charge on any atom is 0.334 e. The smallest absolute Gasteiger partial charge is 0.334 e. The first-order chi connectivity index (χ1) is 16.9. The third-order valence-corrected chi connectivity index (χ3v) is 12.7. The number of carbonyl (C=O) groups excluding carboxylic acids is 2. The van der Waals surface area contributed by atoms with Crippen LogP contribution in [-0.2, 0) is 23.8 Å². The number of fused-ring (bicyclic) bond motifs is 3. The molecule has 12 atom stereocenters. The maximum absolute atomic E-state index is 13.6. The van der Waals surface area contributed by atoms with Crippen molar-refractivity contribution in [3.63, 3.8) is 0 Å². The number of ketones is 1. The molecule has 0 amide bonds. The normalized spacial score (nSPS) is 59.1. The Labute approximate surface area is 211 Å². The zero-order valence-corrected chi connectivity index (χ0v) is 21.6. The quantitative estimate of drug-likeness (QED) is 0.387. The average molecular weight is 503 g/mol. The highest BCUT2D eigenvalue weighted by Crippen LogP contribution is 2.77. The molecule has 8 nitrogen and oxygen atoms in total. The number of carbonyl (C=O) groups is 2. The fourth-order valence-corrected chi connectivity index (χ4v) is 10.4. The first kappa shape index (κ1) is 23.8. The summed E-state index contributed by atoms with van der Waals surface area (Å²) in [5.41, 5.74) is -2.40. The number of hydrogen-bond donors (Lipinski definition) is 3. The Balaban J connectivity index is 1.35. The highest BCUT2D eigenvalue weighted by atomic mass is 16.7. The predicted octanol–water partition coefficient (Wildman–Crippen LogP) is 2.03. The van der Waals surface area contributed by atoms with Crippen molar-refractivity contribution in [1.82, 2.24) is 0 Å². The van der Waals surface area contributed by atoms with E-state index in [4.69, 9.17) is 14.2 Å². The summed E-state index contributed by atoms with van der Waals surface area (Å²) in [6, 6.07) is 0. The maximum atomic E-state index is 13.6. The van der Waals surface area contributed by atoms with Crippen molar-refractivity contribution in [1.29, 1.82) is 0 Å². The summed E-state index contributed by atoms with van der Waals surface area (Å²) in [6.07, 6.45) is 2.72. The monoisotopic (exact) mass is 502 g/mol. The molecule has 0 aromatic heterocycles. The van der Waals surface area contributed by atoms with Crippen LogP contribution < -0.4 is 0 Å². The second kappa shape index (κ2) is 6.81. The van der Waals surface area contributed by atoms with E-state index < -0.39 is 51.9 Å². The minimum absolute atomic E-state index is 0.0519. The van der Waals surface area contributed by atoms with Crippen LogP contribution in [0.2, 0.25) is 0 Å². The number of ether oxygens (including phenoxy) is 3. The van der Waals surface area contributed by atoms with Crippen molar-refractivity contribution in [2.45, 2.75) is 108 Å². The van der Waals surface area contributed by atoms with Gasteiger partial charge >= 0.3 is 5.97 Å². The summed E-state index contributed by atoms with van der Waals surface area (Å²) >= 11 is 0. The lowest BCUT2D eigenvalue weighted by Gasteiger charge is -2.68. The van der Waals surface area contributed by atoms with E-state index in [1.165, 1.54) is 0 Å². The molecule has 2 saturated heterocycles. The van der Waals surface area contributed by atoms with Crippen molar-refractivity contribution in [3.05, 3.63) is 11.1 Å². The van der Waals surface area contributed by atoms with Gasteiger partial charge in [-0.3, -0.25) is 4.79 Å². The Morgan fingerprint density at radius 1 is 1.06 bits per heavy atom. The lowest BCUT2D eigenvalue weighted by molar-refractivity contribution is -0.418. The third-order valence-electron chi connectivity index (χ3n) is 12.7. The highest BCUT2D eigenvalue weighted by Gasteiger charge is 2.84. The molecule has 4 saturated carbocycles. The zero-order valence-electron chi connectivity index (χ0n) is 21.6. The number of rotatable bonds is 2. The molecule has 8 heteroatoms. The summed E-state index contributed by atoms with van der Waals surface area (Å²) in [6.45, 7) is 7.11. The first-order valence-corrected chi connectivity index (χ1v) is 13.7. The van der Waals surface area contributed by atoms with Crippen molar-refractivity contribution >= 4 is 11.8 Å². The lowest BCUT2D eigenvalue weighted by atomic mass is 9.41. The number of aliphatic hydroxyl groups is 3. The van der Waals surface area contributed by atoms with Gasteiger partial charge in [-0.25, -0.2) is 4.79 Å². The van der Waals surface area contributed by atoms with Crippen molar-refractivity contribution in [2.75, 3.05) is 6.61 Å². The highest BCUT2D eigenvalue weighted by molar-refractivity contribution is 5.91. The molecule has 0 aromatic rings. The molecule has 36 heavy (non-hydrogen) atoms. The largest absolute Gasteiger partial charge is 0.452 e. The Hall–Kier alpha value is -1.32. The van der Waals surface area contributed by atoms with Crippen LogP contribution in [0.4, 0.5) is 0 Å². The Morgan fingerprint density at radius 3 is 2.47 bits per heavy atom. The van der Waals surface area contributed by atoms with E-state index in [2.05, 4.69) is 0 Å². The number of cyclic esters (lactones) is 1. The number of hydrogen-bond acceptors (Lipinski definition) is 8. The van der Waals surface area contributed by atoms with E-state index in [9.17, 15) is 24.9 Å². The summed E-state index contributed by atoms with van der Waals surface area (Å²) in [5.74, 6) is -2.80. The van der Waals surface area contributed by atoms with Crippen LogP contribution in [0.5, 0.6) is 0 Å². The van der Waals surface area contributed by atoms with E-state index >= 15 is 0 Å². The van der Waals surface area contributed by atoms with Gasteiger partial charge in [-0.15, -0.1) is 0 Å². The van der Waals surface area contributed by atoms with Gasteiger partial charge in [0.25, 0.3) is 0 Å². The summed E-state index contributed by atoms with van der Waals surface area (Å²) in [7, 11) is 0. The van der Waals surface area contributed by atoms with Crippen LogP contribution in [0, 0.1) is 34.5 Å². The Morgan fingerprint density at radius 2 is 1.81 bits per heavy atom. The molecule has 1 spiro atoms. The molecule has 0 aromatic carbocycles. The van der Waals surface area contributed by atoms with Crippen LogP contribution in [0.1, 0.15) is 72.6 Å². The van der Waals surface area contributed by atoms with Gasteiger partial charge in [-0.05, 0) is 76.2 Å². The lowest BCUT2D eigenvalue weighted by Crippen LogP contribution is -2.77. The van der Waals surface area contributed by atoms with Crippen molar-refractivity contribution < 1.29 is 39.1 Å². The van der Waals surface area contributed by atoms with Gasteiger partial charge in [-0.1, -0.05) is 6.92 Å². The van der Waals surface area contributed by atoms with Crippen LogP contribution in [0.25, 0.3) is 0 Å². The summed E-state index contributed by atoms with van der Waals surface area (Å²) < 4.78 is 18.6. The van der Waals surface area contributed by atoms with Gasteiger partial charge < -0.3 is 29.5 Å². The average Bonchev–Trinajstić information content (AvgIpc) is 3.38. The van der Waals surface area contributed by atoms with E-state index in [-0.39, 0.29) is 42.7 Å². The molecule has 3 N–H and O–H groups in total. The number of aliphatic hydroxyl groups excluding tert-OH is 1. The molecular formula is C28H38O8. The van der Waals surface area contributed by atoms with Crippen molar-refractivity contribution in [3.8, 4) is 0 Å². The van der Waals surface area contributed by atoms with Crippen LogP contribution in [-0.4, -0.2) is 69.0 Å². The second-order valence-corrected chi connectivity index (χ2v) is 13.2. The molecule has 198 valence electrons. The minimum atomic E-state index is -1.74. The molecule has 3 aliphatic heterocycles. The fraction of sp³-hybridized carbons (Fsp3) is 0.857. The molecule has 0 bridgehead atoms. The number of Topliss-reactive ketones (excluding diaryl/α,β-unsaturated/α-hetero) is 1. The molecule has 12 unspecified atom stereocenters. The Bertz CT molecular complexity index is 1100. The van der Waals surface area contributed by atoms with Gasteiger partial charge in [-0.2, -0.15) is 0 Å². The molecule has 7 aliphatic rings. The molecule has 4 aliphatic carbocycles. The Kier molecular flexibility index (Phi) is 4.50. The van der Waals surface area contributed by atoms with Gasteiger partial charge in [0.05, 0.1) is 29.1 Å². The SMILES string of the molecule is CC1=C(C)C(C2OC3(O)CC4C(CC5OC56CCCC(=O)C46C)C4CCC(O)(C2CO)C43C)OC1=O. The van der Waals surface area contributed by atoms with E-state index in [0.29, 0.717) is 30.4 Å². The van der Waals surface area contributed by atoms with E-state index in [0.717, 1.165) is 19.3 Å². The topological polar surface area (TPSA) is 126 Å². The van der Waals surface area contributed by atoms with Crippen molar-refractivity contribution in [2.24, 2.45) is 34.5 Å². The molecular weight excluding hydrogens is 464 g/mol. The zero-order chi connectivity index (χ0) is 25.6. The van der Waals surface area contributed by atoms with Gasteiger partial charge in [0.15, 0.2) is 11.9 Å². The second-order valence-electron chi connectivity index (χ2n) is 13.2. The molecule has 0 radical (unpaired) electrons. The van der Waals surface area contributed by atoms with Crippen LogP contribution in [0.15, 0.2) is 11.1 Å². The molecule has 6 fully saturated rings. The summed E-state index contributed by atoms with van der Waals surface area (Å²) in [5, 5.41) is 35.5. The van der Waals surface area contributed by atoms with Gasteiger partial charge in [0.1, 0.15) is 17.5 Å². The van der Waals surface area contributed by atoms with Gasteiger partial charge in [0.2, 0.25) is 0 Å². The number of epoxide rings is 1. The summed E-state index contributed by atoms with van der Waals surface area (Å²) in [4.78, 5) is 26.0. The van der Waals surface area contributed by atoms with Gasteiger partial charge in [0, 0.05) is 24.3 Å². The van der Waals surface area contributed by atoms with Crippen LogP contribution in [0.3, 0.4) is 0 Å². The van der Waals surface area contributed by atoms with E-state index in [1.807, 2.05) is 13.8 Å². The first-order valence-electron chi connectivity index (χ1n) is 13.7. The predicted molar refractivity (Wildman–Crippen MR) is 125 cm³/mol. The number of esters is 1. The minimum Gasteiger partial charge on any atom is -0.452 e. The third kappa shape index (κ3) is 2.29. The standard InChI is InChI=1S/C28H38O8/c1-13-14(2)23(31)34-21(13)22-18(12-29)26(32)9-7-16-15-10-20-27(35-20)8-5-6-19(30)24(27,3)17(15)11-28(33,36-22)25(16,26)4/h15-18,20-22,29,32-33H,5-12H2,1-4H3. The van der Waals surface area contributed by atoms with Crippen LogP contribution >= 0.6 is 0 Å². The fourth-order valence-electron chi connectivity index (χ4n) is 10.4. The molecule has 7 rings (SSSR count).